The van der Waals surface area contributed by atoms with Crippen molar-refractivity contribution < 1.29 is 9.53 Å². The molecular formula is C21H22N4O2. The lowest BCUT2D eigenvalue weighted by Crippen LogP contribution is -2.36. The summed E-state index contributed by atoms with van der Waals surface area (Å²) in [5.74, 6) is 0.450. The molecule has 27 heavy (non-hydrogen) atoms. The molecule has 0 unspecified atom stereocenters. The second-order valence-electron chi connectivity index (χ2n) is 6.83. The fourth-order valence-corrected chi connectivity index (χ4v) is 3.66. The first-order valence-corrected chi connectivity index (χ1v) is 9.04. The molecule has 1 amide bonds. The number of hydrogen-bond acceptors (Lipinski definition) is 5. The van der Waals surface area contributed by atoms with Gasteiger partial charge in [-0.25, -0.2) is 4.98 Å². The predicted octanol–water partition coefficient (Wildman–Crippen LogP) is 2.85. The number of morpholine rings is 1. The van der Waals surface area contributed by atoms with E-state index in [2.05, 4.69) is 9.88 Å². The number of nitrogens with two attached hydrogens (primary N) is 1. The van der Waals surface area contributed by atoms with Gasteiger partial charge in [-0.1, -0.05) is 12.1 Å². The summed E-state index contributed by atoms with van der Waals surface area (Å²) in [6, 6.07) is 9.74. The number of nitrogens with zero attached hydrogens (tertiary/aromatic N) is 3. The first kappa shape index (κ1) is 17.4. The van der Waals surface area contributed by atoms with Gasteiger partial charge in [-0.2, -0.15) is 0 Å². The zero-order valence-electron chi connectivity index (χ0n) is 15.5. The molecule has 2 heterocycles. The fraction of sp³-hybridized carbons (Fsp3) is 0.286. The van der Waals surface area contributed by atoms with Crippen molar-refractivity contribution in [3.05, 3.63) is 53.2 Å². The van der Waals surface area contributed by atoms with Crippen molar-refractivity contribution in [1.29, 1.82) is 0 Å². The van der Waals surface area contributed by atoms with Crippen molar-refractivity contribution in [3.8, 4) is 11.1 Å². The number of rotatable bonds is 3. The number of carbonyl (C=O) groups excluding carboxylic acids is 1. The third kappa shape index (κ3) is 3.24. The van der Waals surface area contributed by atoms with E-state index in [4.69, 9.17) is 15.5 Å². The Morgan fingerprint density at radius 1 is 1.11 bits per heavy atom. The summed E-state index contributed by atoms with van der Waals surface area (Å²) in [6.07, 6.45) is 1.82. The van der Waals surface area contributed by atoms with Crippen molar-refractivity contribution in [3.63, 3.8) is 0 Å². The predicted molar refractivity (Wildman–Crippen MR) is 106 cm³/mol. The monoisotopic (exact) mass is 362 g/mol. The van der Waals surface area contributed by atoms with Gasteiger partial charge in [-0.15, -0.1) is 0 Å². The van der Waals surface area contributed by atoms with Gasteiger partial charge < -0.3 is 15.4 Å². The van der Waals surface area contributed by atoms with Crippen LogP contribution in [0, 0.1) is 13.8 Å². The molecule has 4 rings (SSSR count). The Morgan fingerprint density at radius 2 is 1.89 bits per heavy atom. The molecule has 0 spiro atoms. The Bertz CT molecular complexity index is 1030. The number of hydrogen-bond donors (Lipinski definition) is 1. The van der Waals surface area contributed by atoms with E-state index in [1.54, 1.807) is 6.07 Å². The summed E-state index contributed by atoms with van der Waals surface area (Å²) in [7, 11) is 0. The van der Waals surface area contributed by atoms with Crippen LogP contribution in [-0.2, 0) is 4.74 Å². The van der Waals surface area contributed by atoms with Gasteiger partial charge in [-0.05, 0) is 54.3 Å². The highest BCUT2D eigenvalue weighted by atomic mass is 16.5. The first-order chi connectivity index (χ1) is 13.0. The maximum absolute atomic E-state index is 11.7. The van der Waals surface area contributed by atoms with Crippen LogP contribution in [0.25, 0.3) is 22.2 Å². The highest BCUT2D eigenvalue weighted by molar-refractivity contribution is 5.97. The molecule has 2 aromatic carbocycles. The summed E-state index contributed by atoms with van der Waals surface area (Å²) in [5, 5.41) is 0. The zero-order chi connectivity index (χ0) is 19.0. The molecule has 1 aromatic heterocycles. The molecule has 2 N–H and O–H groups in total. The summed E-state index contributed by atoms with van der Waals surface area (Å²) < 4.78 is 5.41. The van der Waals surface area contributed by atoms with Gasteiger partial charge in [0.05, 0.1) is 30.4 Å². The molecule has 6 heteroatoms. The minimum Gasteiger partial charge on any atom is -0.378 e. The highest BCUT2D eigenvalue weighted by Crippen LogP contribution is 2.31. The van der Waals surface area contributed by atoms with Crippen LogP contribution < -0.4 is 10.6 Å². The number of carbonyl (C=O) groups is 1. The third-order valence-electron chi connectivity index (χ3n) is 5.09. The molecule has 0 bridgehead atoms. The van der Waals surface area contributed by atoms with Crippen molar-refractivity contribution in [2.24, 2.45) is 5.73 Å². The number of aromatic nitrogens is 2. The summed E-state index contributed by atoms with van der Waals surface area (Å²) in [6.45, 7) is 7.02. The van der Waals surface area contributed by atoms with Gasteiger partial charge in [0.15, 0.2) is 0 Å². The lowest BCUT2D eigenvalue weighted by molar-refractivity contribution is 0.0999. The van der Waals surface area contributed by atoms with Crippen LogP contribution >= 0.6 is 0 Å². The van der Waals surface area contributed by atoms with Crippen molar-refractivity contribution in [2.75, 3.05) is 31.2 Å². The van der Waals surface area contributed by atoms with Gasteiger partial charge in [0.2, 0.25) is 5.91 Å². The molecule has 0 aliphatic carbocycles. The van der Waals surface area contributed by atoms with Gasteiger partial charge in [-0.3, -0.25) is 9.78 Å². The Labute approximate surface area is 158 Å². The standard InChI is InChI=1S/C21H22N4O2/c1-13-3-5-16(21(22)26)14(2)20(13)15-4-6-17-18(11-15)24-19(12-23-17)25-7-9-27-10-8-25/h3-6,11-12H,7-10H2,1-2H3,(H2,22,26). The van der Waals surface area contributed by atoms with Crippen molar-refractivity contribution in [1.82, 2.24) is 9.97 Å². The average Bonchev–Trinajstić information content (AvgIpc) is 2.68. The van der Waals surface area contributed by atoms with Gasteiger partial charge in [0, 0.05) is 18.7 Å². The molecule has 0 atom stereocenters. The Kier molecular flexibility index (Phi) is 4.49. The second-order valence-corrected chi connectivity index (χ2v) is 6.83. The van der Waals surface area contributed by atoms with Gasteiger partial charge in [0.25, 0.3) is 0 Å². The average molecular weight is 362 g/mol. The van der Waals surface area contributed by atoms with E-state index in [1.807, 2.05) is 44.3 Å². The fourth-order valence-electron chi connectivity index (χ4n) is 3.66. The smallest absolute Gasteiger partial charge is 0.248 e. The number of benzene rings is 2. The Morgan fingerprint density at radius 3 is 2.63 bits per heavy atom. The third-order valence-corrected chi connectivity index (χ3v) is 5.09. The molecule has 0 radical (unpaired) electrons. The zero-order valence-corrected chi connectivity index (χ0v) is 15.5. The first-order valence-electron chi connectivity index (χ1n) is 9.04. The van der Waals surface area contributed by atoms with E-state index in [1.165, 1.54) is 0 Å². The normalized spacial score (nSPS) is 14.5. The lowest BCUT2D eigenvalue weighted by atomic mass is 9.92. The molecule has 3 aromatic rings. The lowest BCUT2D eigenvalue weighted by Gasteiger charge is -2.27. The minimum atomic E-state index is -0.413. The summed E-state index contributed by atoms with van der Waals surface area (Å²) in [4.78, 5) is 23.3. The minimum absolute atomic E-state index is 0.413. The van der Waals surface area contributed by atoms with E-state index < -0.39 is 5.91 Å². The van der Waals surface area contributed by atoms with E-state index in [0.29, 0.717) is 18.8 Å². The topological polar surface area (TPSA) is 81.3 Å². The number of amides is 1. The van der Waals surface area contributed by atoms with Crippen molar-refractivity contribution in [2.45, 2.75) is 13.8 Å². The SMILES string of the molecule is Cc1ccc(C(N)=O)c(C)c1-c1ccc2ncc(N3CCOCC3)nc2c1. The number of primary amides is 1. The van der Waals surface area contributed by atoms with Crippen LogP contribution in [0.1, 0.15) is 21.5 Å². The van der Waals surface area contributed by atoms with Crippen LogP contribution in [0.2, 0.25) is 0 Å². The van der Waals surface area contributed by atoms with E-state index in [-0.39, 0.29) is 0 Å². The van der Waals surface area contributed by atoms with E-state index in [0.717, 1.165) is 52.2 Å². The molecule has 0 saturated carbocycles. The van der Waals surface area contributed by atoms with Gasteiger partial charge in [0.1, 0.15) is 5.82 Å². The summed E-state index contributed by atoms with van der Waals surface area (Å²) in [5.41, 5.74) is 11.8. The second kappa shape index (κ2) is 6.96. The number of fused-ring (bicyclic) bond motifs is 1. The maximum atomic E-state index is 11.7. The summed E-state index contributed by atoms with van der Waals surface area (Å²) >= 11 is 0. The van der Waals surface area contributed by atoms with E-state index in [9.17, 15) is 4.79 Å². The van der Waals surface area contributed by atoms with Crippen LogP contribution in [0.5, 0.6) is 0 Å². The molecule has 138 valence electrons. The van der Waals surface area contributed by atoms with E-state index >= 15 is 0 Å². The molecule has 1 aliphatic rings. The van der Waals surface area contributed by atoms with Crippen molar-refractivity contribution >= 4 is 22.8 Å². The maximum Gasteiger partial charge on any atom is 0.248 e. The number of anilines is 1. The highest BCUT2D eigenvalue weighted by Gasteiger charge is 2.16. The van der Waals surface area contributed by atoms with Gasteiger partial charge >= 0.3 is 0 Å². The number of aryl methyl sites for hydroxylation is 1. The molecular weight excluding hydrogens is 340 g/mol. The Balaban J connectivity index is 1.81. The number of ether oxygens (including phenoxy) is 1. The molecule has 1 fully saturated rings. The molecule has 6 nitrogen and oxygen atoms in total. The van der Waals surface area contributed by atoms with Crippen LogP contribution in [0.3, 0.4) is 0 Å². The molecule has 1 aliphatic heterocycles. The largest absolute Gasteiger partial charge is 0.378 e. The van der Waals surface area contributed by atoms with Crippen LogP contribution in [-0.4, -0.2) is 42.2 Å². The Hall–Kier alpha value is -2.99. The quantitative estimate of drug-likeness (QED) is 0.775. The van der Waals surface area contributed by atoms with Crippen LogP contribution in [0.15, 0.2) is 36.5 Å². The van der Waals surface area contributed by atoms with Crippen LogP contribution in [0.4, 0.5) is 5.82 Å². The molecule has 1 saturated heterocycles.